The van der Waals surface area contributed by atoms with Crippen LogP contribution in [0.4, 0.5) is 0 Å². The van der Waals surface area contributed by atoms with E-state index in [1.807, 2.05) is 13.8 Å². The molecular formula is C16H20N2O4S. The van der Waals surface area contributed by atoms with Crippen molar-refractivity contribution in [2.45, 2.75) is 31.7 Å². The molecule has 23 heavy (non-hydrogen) atoms. The van der Waals surface area contributed by atoms with E-state index in [0.717, 1.165) is 11.1 Å². The minimum Gasteiger partial charge on any atom is -0.467 e. The van der Waals surface area contributed by atoms with Crippen molar-refractivity contribution in [1.29, 1.82) is 0 Å². The summed E-state index contributed by atoms with van der Waals surface area (Å²) in [5.41, 5.74) is 1.94. The van der Waals surface area contributed by atoms with E-state index in [4.69, 9.17) is 4.42 Å². The third-order valence-corrected chi connectivity index (χ3v) is 4.93. The molecule has 0 saturated carbocycles. The number of hydrogen-bond acceptors (Lipinski definition) is 4. The van der Waals surface area contributed by atoms with E-state index in [1.54, 1.807) is 30.3 Å². The molecule has 2 rings (SSSR count). The summed E-state index contributed by atoms with van der Waals surface area (Å²) in [5.74, 6) is 0.401. The van der Waals surface area contributed by atoms with Crippen LogP contribution in [0, 0.1) is 13.8 Å². The van der Waals surface area contributed by atoms with Crippen molar-refractivity contribution in [2.75, 3.05) is 6.54 Å². The average Bonchev–Trinajstić information content (AvgIpc) is 3.01. The monoisotopic (exact) mass is 336 g/mol. The van der Waals surface area contributed by atoms with Gasteiger partial charge in [-0.15, -0.1) is 0 Å². The molecule has 0 aliphatic carbocycles. The van der Waals surface area contributed by atoms with E-state index >= 15 is 0 Å². The van der Waals surface area contributed by atoms with Gasteiger partial charge in [-0.1, -0.05) is 6.07 Å². The number of carbonyl (C=O) groups excluding carboxylic acids is 1. The zero-order chi connectivity index (χ0) is 16.9. The van der Waals surface area contributed by atoms with Crippen LogP contribution in [0.25, 0.3) is 0 Å². The fraction of sp³-hybridized carbons (Fsp3) is 0.312. The SMILES string of the molecule is Cc1ccc(S(=O)(=O)NCCC(=O)NCc2ccco2)cc1C. The highest BCUT2D eigenvalue weighted by Gasteiger charge is 2.14. The van der Waals surface area contributed by atoms with Crippen LogP contribution in [0.2, 0.25) is 0 Å². The molecule has 1 heterocycles. The predicted octanol–water partition coefficient (Wildman–Crippen LogP) is 1.88. The summed E-state index contributed by atoms with van der Waals surface area (Å²) in [4.78, 5) is 11.9. The van der Waals surface area contributed by atoms with Crippen LogP contribution in [0.15, 0.2) is 45.9 Å². The van der Waals surface area contributed by atoms with Crippen LogP contribution in [-0.4, -0.2) is 20.9 Å². The van der Waals surface area contributed by atoms with Gasteiger partial charge in [-0.05, 0) is 49.2 Å². The van der Waals surface area contributed by atoms with Crippen LogP contribution in [-0.2, 0) is 21.4 Å². The Morgan fingerprint density at radius 2 is 1.96 bits per heavy atom. The van der Waals surface area contributed by atoms with Gasteiger partial charge in [-0.3, -0.25) is 4.79 Å². The van der Waals surface area contributed by atoms with Gasteiger partial charge in [0.1, 0.15) is 5.76 Å². The van der Waals surface area contributed by atoms with E-state index in [-0.39, 0.29) is 30.3 Å². The summed E-state index contributed by atoms with van der Waals surface area (Å²) >= 11 is 0. The largest absolute Gasteiger partial charge is 0.467 e. The molecule has 0 radical (unpaired) electrons. The molecule has 1 amide bonds. The lowest BCUT2D eigenvalue weighted by Crippen LogP contribution is -2.30. The van der Waals surface area contributed by atoms with E-state index in [2.05, 4.69) is 10.0 Å². The van der Waals surface area contributed by atoms with Gasteiger partial charge in [0, 0.05) is 13.0 Å². The van der Waals surface area contributed by atoms with Gasteiger partial charge in [0.15, 0.2) is 0 Å². The fourth-order valence-electron chi connectivity index (χ4n) is 1.95. The second-order valence-electron chi connectivity index (χ2n) is 5.25. The molecule has 6 nitrogen and oxygen atoms in total. The highest BCUT2D eigenvalue weighted by atomic mass is 32.2. The minimum atomic E-state index is -3.60. The number of furan rings is 1. The highest BCUT2D eigenvalue weighted by molar-refractivity contribution is 7.89. The minimum absolute atomic E-state index is 0.0409. The Hall–Kier alpha value is -2.12. The standard InChI is InChI=1S/C16H20N2O4S/c1-12-5-6-15(10-13(12)2)23(20,21)18-8-7-16(19)17-11-14-4-3-9-22-14/h3-6,9-10,18H,7-8,11H2,1-2H3,(H,17,19). The maximum Gasteiger partial charge on any atom is 0.240 e. The molecule has 124 valence electrons. The van der Waals surface area contributed by atoms with Gasteiger partial charge >= 0.3 is 0 Å². The molecule has 0 spiro atoms. The first kappa shape index (κ1) is 17.2. The number of amides is 1. The molecule has 1 aromatic carbocycles. The third-order valence-electron chi connectivity index (χ3n) is 3.47. The Kier molecular flexibility index (Phi) is 5.57. The summed E-state index contributed by atoms with van der Waals surface area (Å²) in [6, 6.07) is 8.43. The molecule has 0 saturated heterocycles. The van der Waals surface area contributed by atoms with Crippen molar-refractivity contribution in [3.05, 3.63) is 53.5 Å². The van der Waals surface area contributed by atoms with Gasteiger partial charge in [0.25, 0.3) is 0 Å². The van der Waals surface area contributed by atoms with Crippen molar-refractivity contribution < 1.29 is 17.6 Å². The lowest BCUT2D eigenvalue weighted by atomic mass is 10.1. The van der Waals surface area contributed by atoms with E-state index in [0.29, 0.717) is 5.76 Å². The Morgan fingerprint density at radius 1 is 1.17 bits per heavy atom. The van der Waals surface area contributed by atoms with Gasteiger partial charge < -0.3 is 9.73 Å². The Morgan fingerprint density at radius 3 is 2.61 bits per heavy atom. The van der Waals surface area contributed by atoms with Crippen molar-refractivity contribution in [2.24, 2.45) is 0 Å². The molecule has 0 aliphatic heterocycles. The number of benzene rings is 1. The first-order chi connectivity index (χ1) is 10.9. The Balaban J connectivity index is 1.82. The number of sulfonamides is 1. The number of aryl methyl sites for hydroxylation is 2. The molecule has 0 atom stereocenters. The average molecular weight is 336 g/mol. The molecule has 1 aromatic heterocycles. The lowest BCUT2D eigenvalue weighted by Gasteiger charge is -2.09. The summed E-state index contributed by atoms with van der Waals surface area (Å²) in [6.07, 6.45) is 1.59. The molecular weight excluding hydrogens is 316 g/mol. The number of nitrogens with one attached hydrogen (secondary N) is 2. The Bertz CT molecular complexity index is 767. The summed E-state index contributed by atoms with van der Waals surface area (Å²) < 4.78 is 31.9. The summed E-state index contributed by atoms with van der Waals surface area (Å²) in [6.45, 7) is 4.11. The van der Waals surface area contributed by atoms with E-state index in [1.165, 1.54) is 6.26 Å². The zero-order valence-electron chi connectivity index (χ0n) is 13.1. The smallest absolute Gasteiger partial charge is 0.240 e. The summed E-state index contributed by atoms with van der Waals surface area (Å²) in [7, 11) is -3.60. The van der Waals surface area contributed by atoms with Crippen LogP contribution in [0.1, 0.15) is 23.3 Å². The molecule has 0 unspecified atom stereocenters. The van der Waals surface area contributed by atoms with Gasteiger partial charge in [0.2, 0.25) is 15.9 Å². The molecule has 0 fully saturated rings. The van der Waals surface area contributed by atoms with Crippen molar-refractivity contribution in [3.8, 4) is 0 Å². The second-order valence-corrected chi connectivity index (χ2v) is 7.02. The molecule has 0 aliphatic rings. The normalized spacial score (nSPS) is 11.4. The van der Waals surface area contributed by atoms with Gasteiger partial charge in [-0.2, -0.15) is 0 Å². The van der Waals surface area contributed by atoms with Crippen molar-refractivity contribution in [3.63, 3.8) is 0 Å². The molecule has 2 aromatic rings. The molecule has 7 heteroatoms. The number of carbonyl (C=O) groups is 1. The first-order valence-electron chi connectivity index (χ1n) is 7.24. The second kappa shape index (κ2) is 7.43. The van der Waals surface area contributed by atoms with Crippen molar-refractivity contribution in [1.82, 2.24) is 10.0 Å². The molecule has 2 N–H and O–H groups in total. The van der Waals surface area contributed by atoms with Crippen molar-refractivity contribution >= 4 is 15.9 Å². The fourth-order valence-corrected chi connectivity index (χ4v) is 3.07. The molecule has 0 bridgehead atoms. The van der Waals surface area contributed by atoms with Crippen LogP contribution in [0.5, 0.6) is 0 Å². The summed E-state index contributed by atoms with van der Waals surface area (Å²) in [5, 5.41) is 2.66. The maximum absolute atomic E-state index is 12.2. The van der Waals surface area contributed by atoms with Crippen LogP contribution in [0.3, 0.4) is 0 Å². The Labute approximate surface area is 135 Å². The van der Waals surface area contributed by atoms with Gasteiger partial charge in [-0.25, -0.2) is 13.1 Å². The van der Waals surface area contributed by atoms with Crippen LogP contribution >= 0.6 is 0 Å². The lowest BCUT2D eigenvalue weighted by molar-refractivity contribution is -0.121. The third kappa shape index (κ3) is 4.94. The van der Waals surface area contributed by atoms with Crippen LogP contribution < -0.4 is 10.0 Å². The topological polar surface area (TPSA) is 88.4 Å². The van der Waals surface area contributed by atoms with Gasteiger partial charge in [0.05, 0.1) is 17.7 Å². The first-order valence-corrected chi connectivity index (χ1v) is 8.73. The van der Waals surface area contributed by atoms with E-state index < -0.39 is 10.0 Å². The number of rotatable bonds is 7. The maximum atomic E-state index is 12.2. The predicted molar refractivity (Wildman–Crippen MR) is 86.3 cm³/mol. The quantitative estimate of drug-likeness (QED) is 0.808. The van der Waals surface area contributed by atoms with E-state index in [9.17, 15) is 13.2 Å². The highest BCUT2D eigenvalue weighted by Crippen LogP contribution is 2.14. The number of hydrogen-bond donors (Lipinski definition) is 2. The zero-order valence-corrected chi connectivity index (χ0v) is 13.9.